The normalized spacial score (nSPS) is 14.5. The number of unbranched alkanes of at least 4 members (excludes halogenated alkanes) is 2. The molecule has 1 fully saturated rings. The molecule has 9 nitrogen and oxygen atoms in total. The highest BCUT2D eigenvalue weighted by Crippen LogP contribution is 2.25. The molecule has 2 rings (SSSR count). The van der Waals surface area contributed by atoms with Crippen LogP contribution in [0.4, 0.5) is 4.79 Å². The van der Waals surface area contributed by atoms with Crippen LogP contribution in [0.3, 0.4) is 0 Å². The minimum absolute atomic E-state index is 0.139. The highest BCUT2D eigenvalue weighted by Gasteiger charge is 2.22. The Hall–Kier alpha value is -2.92. The number of benzene rings is 1. The van der Waals surface area contributed by atoms with Gasteiger partial charge in [-0.25, -0.2) is 4.79 Å². The molecular formula is C23H30N4O5S2. The van der Waals surface area contributed by atoms with Gasteiger partial charge >= 0.3 is 6.09 Å². The summed E-state index contributed by atoms with van der Waals surface area (Å²) in [5, 5.41) is 10.6. The lowest BCUT2D eigenvalue weighted by atomic mass is 10.1. The van der Waals surface area contributed by atoms with E-state index in [4.69, 9.17) is 17.0 Å². The standard InChI is InChI=1S/C23H30N4O5S2/c1-23(2,3)32-21(31)26-14-18(28)24-11-5-4-6-12-25-19(29)16-9-7-15(8-10-16)13-17-20(30)27-22(33)34-17/h7-10,13H,4-6,11-12,14H2,1-3H3,(H,24,28)(H,25,29)(H,26,31)(H,27,30,33). The van der Waals surface area contributed by atoms with E-state index < -0.39 is 11.7 Å². The molecule has 0 spiro atoms. The molecule has 34 heavy (non-hydrogen) atoms. The third-order valence-corrected chi connectivity index (χ3v) is 5.53. The van der Waals surface area contributed by atoms with Gasteiger partial charge in [-0.15, -0.1) is 0 Å². The Morgan fingerprint density at radius 3 is 2.26 bits per heavy atom. The van der Waals surface area contributed by atoms with E-state index in [2.05, 4.69) is 21.3 Å². The van der Waals surface area contributed by atoms with Gasteiger partial charge in [0.2, 0.25) is 5.91 Å². The lowest BCUT2D eigenvalue weighted by molar-refractivity contribution is -0.120. The van der Waals surface area contributed by atoms with Crippen molar-refractivity contribution in [3.63, 3.8) is 0 Å². The summed E-state index contributed by atoms with van der Waals surface area (Å²) in [7, 11) is 0. The maximum Gasteiger partial charge on any atom is 0.408 e. The van der Waals surface area contributed by atoms with Gasteiger partial charge in [0.25, 0.3) is 11.8 Å². The van der Waals surface area contributed by atoms with Crippen LogP contribution in [-0.2, 0) is 14.3 Å². The van der Waals surface area contributed by atoms with E-state index in [0.717, 1.165) is 24.8 Å². The fourth-order valence-corrected chi connectivity index (χ4v) is 3.84. The van der Waals surface area contributed by atoms with Crippen LogP contribution in [0.5, 0.6) is 0 Å². The second-order valence-electron chi connectivity index (χ2n) is 8.50. The topological polar surface area (TPSA) is 126 Å². The number of hydrogen-bond acceptors (Lipinski definition) is 7. The second-order valence-corrected chi connectivity index (χ2v) is 10.2. The summed E-state index contributed by atoms with van der Waals surface area (Å²) in [5.74, 6) is -0.670. The van der Waals surface area contributed by atoms with Gasteiger partial charge < -0.3 is 26.0 Å². The van der Waals surface area contributed by atoms with Crippen LogP contribution in [0.15, 0.2) is 29.2 Å². The third-order valence-electron chi connectivity index (χ3n) is 4.37. The van der Waals surface area contributed by atoms with Gasteiger partial charge in [0.15, 0.2) is 0 Å². The molecule has 4 N–H and O–H groups in total. The SMILES string of the molecule is CC(C)(C)OC(=O)NCC(=O)NCCCCCNC(=O)c1ccc(C=C2SC(=S)NC2=O)cc1. The quantitative estimate of drug-likeness (QED) is 0.218. The van der Waals surface area contributed by atoms with Gasteiger partial charge in [-0.3, -0.25) is 14.4 Å². The molecule has 1 heterocycles. The monoisotopic (exact) mass is 506 g/mol. The fraction of sp³-hybridized carbons (Fsp3) is 0.435. The first kappa shape index (κ1) is 27.3. The van der Waals surface area contributed by atoms with E-state index >= 15 is 0 Å². The zero-order chi connectivity index (χ0) is 25.1. The van der Waals surface area contributed by atoms with Gasteiger partial charge in [-0.05, 0) is 63.8 Å². The molecule has 0 saturated carbocycles. The molecule has 1 aromatic carbocycles. The molecule has 0 aromatic heterocycles. The Bertz CT molecular complexity index is 955. The number of thioether (sulfide) groups is 1. The molecule has 4 amide bonds. The number of nitrogens with one attached hydrogen (secondary N) is 4. The van der Waals surface area contributed by atoms with E-state index in [9.17, 15) is 19.2 Å². The molecular weight excluding hydrogens is 476 g/mol. The van der Waals surface area contributed by atoms with Crippen LogP contribution in [0.25, 0.3) is 6.08 Å². The zero-order valence-corrected chi connectivity index (χ0v) is 21.1. The highest BCUT2D eigenvalue weighted by molar-refractivity contribution is 8.26. The number of carbonyl (C=O) groups is 4. The number of hydrogen-bond donors (Lipinski definition) is 4. The lowest BCUT2D eigenvalue weighted by Crippen LogP contribution is -2.39. The van der Waals surface area contributed by atoms with Gasteiger partial charge in [0, 0.05) is 18.7 Å². The number of thiocarbonyl (C=S) groups is 1. The summed E-state index contributed by atoms with van der Waals surface area (Å²) < 4.78 is 5.50. The molecule has 11 heteroatoms. The average Bonchev–Trinajstić information content (AvgIpc) is 3.07. The van der Waals surface area contributed by atoms with Gasteiger partial charge in [0.1, 0.15) is 9.92 Å². The number of rotatable bonds is 10. The van der Waals surface area contributed by atoms with E-state index in [1.165, 1.54) is 11.8 Å². The summed E-state index contributed by atoms with van der Waals surface area (Å²) in [6.45, 7) is 6.12. The summed E-state index contributed by atoms with van der Waals surface area (Å²) in [5.41, 5.74) is 0.730. The first-order valence-corrected chi connectivity index (χ1v) is 12.1. The van der Waals surface area contributed by atoms with Crippen molar-refractivity contribution in [2.24, 2.45) is 0 Å². The predicted octanol–water partition coefficient (Wildman–Crippen LogP) is 2.72. The number of amides is 4. The largest absolute Gasteiger partial charge is 0.444 e. The second kappa shape index (κ2) is 13.1. The first-order chi connectivity index (χ1) is 16.0. The van der Waals surface area contributed by atoms with Crippen molar-refractivity contribution in [3.8, 4) is 0 Å². The van der Waals surface area contributed by atoms with Crippen LogP contribution in [0.1, 0.15) is 56.0 Å². The summed E-state index contributed by atoms with van der Waals surface area (Å²) in [6.07, 6.45) is 3.46. The molecule has 0 radical (unpaired) electrons. The Balaban J connectivity index is 1.57. The lowest BCUT2D eigenvalue weighted by Gasteiger charge is -2.19. The Morgan fingerprint density at radius 2 is 1.68 bits per heavy atom. The maximum atomic E-state index is 12.3. The van der Waals surface area contributed by atoms with Crippen molar-refractivity contribution in [2.45, 2.75) is 45.6 Å². The average molecular weight is 507 g/mol. The van der Waals surface area contributed by atoms with E-state index in [-0.39, 0.29) is 24.3 Å². The molecule has 0 atom stereocenters. The predicted molar refractivity (Wildman–Crippen MR) is 136 cm³/mol. The summed E-state index contributed by atoms with van der Waals surface area (Å²) in [6, 6.07) is 6.96. The van der Waals surface area contributed by atoms with Crippen molar-refractivity contribution in [2.75, 3.05) is 19.6 Å². The Kier molecular flexibility index (Phi) is 10.5. The molecule has 1 saturated heterocycles. The van der Waals surface area contributed by atoms with Gasteiger partial charge in [-0.1, -0.05) is 36.1 Å². The Morgan fingerprint density at radius 1 is 1.03 bits per heavy atom. The number of alkyl carbamates (subject to hydrolysis) is 1. The Labute approximate surface area is 208 Å². The van der Waals surface area contributed by atoms with E-state index in [1.54, 1.807) is 51.1 Å². The molecule has 1 aliphatic rings. The van der Waals surface area contributed by atoms with Crippen molar-refractivity contribution in [1.29, 1.82) is 0 Å². The van der Waals surface area contributed by atoms with E-state index in [1.807, 2.05) is 0 Å². The minimum Gasteiger partial charge on any atom is -0.444 e. The van der Waals surface area contributed by atoms with Crippen LogP contribution >= 0.6 is 24.0 Å². The third kappa shape index (κ3) is 10.3. The minimum atomic E-state index is -0.630. The molecule has 1 aliphatic heterocycles. The zero-order valence-electron chi connectivity index (χ0n) is 19.5. The molecule has 0 aliphatic carbocycles. The van der Waals surface area contributed by atoms with Crippen molar-refractivity contribution < 1.29 is 23.9 Å². The van der Waals surface area contributed by atoms with Crippen molar-refractivity contribution >= 4 is 58.2 Å². The van der Waals surface area contributed by atoms with Gasteiger partial charge in [-0.2, -0.15) is 0 Å². The van der Waals surface area contributed by atoms with Crippen LogP contribution in [-0.4, -0.2) is 53.4 Å². The summed E-state index contributed by atoms with van der Waals surface area (Å²) >= 11 is 6.18. The summed E-state index contributed by atoms with van der Waals surface area (Å²) in [4.78, 5) is 47.8. The van der Waals surface area contributed by atoms with E-state index in [0.29, 0.717) is 27.9 Å². The fourth-order valence-electron chi connectivity index (χ4n) is 2.79. The molecule has 0 unspecified atom stereocenters. The van der Waals surface area contributed by atoms with Crippen molar-refractivity contribution in [1.82, 2.24) is 21.3 Å². The molecule has 1 aromatic rings. The highest BCUT2D eigenvalue weighted by atomic mass is 32.2. The van der Waals surface area contributed by atoms with Crippen LogP contribution in [0.2, 0.25) is 0 Å². The van der Waals surface area contributed by atoms with Gasteiger partial charge in [0.05, 0.1) is 11.4 Å². The van der Waals surface area contributed by atoms with Crippen LogP contribution < -0.4 is 21.3 Å². The molecule has 0 bridgehead atoms. The first-order valence-electron chi connectivity index (χ1n) is 10.9. The molecule has 184 valence electrons. The smallest absolute Gasteiger partial charge is 0.408 e. The maximum absolute atomic E-state index is 12.3. The number of ether oxygens (including phenoxy) is 1. The number of carbonyl (C=O) groups excluding carboxylic acids is 4. The van der Waals surface area contributed by atoms with Crippen LogP contribution in [0, 0.1) is 0 Å². The van der Waals surface area contributed by atoms with Crippen molar-refractivity contribution in [3.05, 3.63) is 40.3 Å².